The van der Waals surface area contributed by atoms with Crippen molar-refractivity contribution in [1.29, 1.82) is 0 Å². The lowest BCUT2D eigenvalue weighted by molar-refractivity contribution is 0.410. The van der Waals surface area contributed by atoms with E-state index in [1.54, 1.807) is 0 Å². The van der Waals surface area contributed by atoms with Crippen LogP contribution < -0.4 is 4.72 Å². The van der Waals surface area contributed by atoms with Crippen LogP contribution in [0.5, 0.6) is 11.5 Å². The monoisotopic (exact) mass is 337 g/mol. The molecule has 1 aromatic carbocycles. The van der Waals surface area contributed by atoms with Crippen LogP contribution in [0.1, 0.15) is 0 Å². The Labute approximate surface area is 124 Å². The summed E-state index contributed by atoms with van der Waals surface area (Å²) in [6.45, 7) is 0. The number of benzene rings is 1. The van der Waals surface area contributed by atoms with Crippen molar-refractivity contribution in [1.82, 2.24) is 0 Å². The molecule has 0 saturated heterocycles. The van der Waals surface area contributed by atoms with Crippen molar-refractivity contribution in [3.8, 4) is 22.8 Å². The lowest BCUT2D eigenvalue weighted by atomic mass is 10.1. The highest BCUT2D eigenvalue weighted by Crippen LogP contribution is 2.47. The van der Waals surface area contributed by atoms with E-state index in [1.807, 2.05) is 4.72 Å². The first-order valence-electron chi connectivity index (χ1n) is 5.17. The summed E-state index contributed by atoms with van der Waals surface area (Å²) in [5, 5.41) is 20.0. The molecule has 0 radical (unpaired) electrons. The molecule has 1 aromatic heterocycles. The van der Waals surface area contributed by atoms with E-state index in [9.17, 15) is 18.6 Å². The molecule has 2 aromatic rings. The second-order valence-electron chi connectivity index (χ2n) is 3.96. The number of rotatable bonds is 3. The van der Waals surface area contributed by atoms with Crippen LogP contribution in [0.15, 0.2) is 22.6 Å². The highest BCUT2D eigenvalue weighted by atomic mass is 35.5. The first-order chi connectivity index (χ1) is 9.19. The summed E-state index contributed by atoms with van der Waals surface area (Å²) in [5.41, 5.74) is 0.216. The van der Waals surface area contributed by atoms with Crippen LogP contribution in [0, 0.1) is 0 Å². The molecule has 0 saturated carbocycles. The van der Waals surface area contributed by atoms with Crippen LogP contribution in [-0.4, -0.2) is 24.9 Å². The third kappa shape index (κ3) is 2.95. The minimum absolute atomic E-state index is 0.193. The number of hydrogen-bond acceptors (Lipinski definition) is 5. The van der Waals surface area contributed by atoms with Gasteiger partial charge in [-0.3, -0.25) is 4.72 Å². The van der Waals surface area contributed by atoms with Gasteiger partial charge in [-0.2, -0.15) is 0 Å². The Hall–Kier alpha value is -1.57. The smallest absolute Gasteiger partial charge is 0.253 e. The van der Waals surface area contributed by atoms with Gasteiger partial charge < -0.3 is 14.6 Å². The predicted octanol–water partition coefficient (Wildman–Crippen LogP) is 3.04. The zero-order valence-corrected chi connectivity index (χ0v) is 12.3. The van der Waals surface area contributed by atoms with E-state index in [0.717, 1.165) is 6.26 Å². The van der Waals surface area contributed by atoms with Gasteiger partial charge in [0.05, 0.1) is 11.3 Å². The zero-order valence-electron chi connectivity index (χ0n) is 10.0. The molecular formula is C11H9Cl2NO5S. The second kappa shape index (κ2) is 5.08. The molecule has 0 atom stereocenters. The first-order valence-corrected chi connectivity index (χ1v) is 7.81. The van der Waals surface area contributed by atoms with Gasteiger partial charge in [0.2, 0.25) is 21.5 Å². The number of anilines is 1. The van der Waals surface area contributed by atoms with E-state index < -0.39 is 27.4 Å². The molecule has 9 heteroatoms. The fraction of sp³-hybridized carbons (Fsp3) is 0.0909. The number of sulfonamides is 1. The van der Waals surface area contributed by atoms with Gasteiger partial charge in [-0.15, -0.1) is 0 Å². The Morgan fingerprint density at radius 2 is 1.85 bits per heavy atom. The molecule has 0 spiro atoms. The van der Waals surface area contributed by atoms with Gasteiger partial charge in [0, 0.05) is 10.6 Å². The quantitative estimate of drug-likeness (QED) is 0.799. The highest BCUT2D eigenvalue weighted by Gasteiger charge is 2.24. The Kier molecular flexibility index (Phi) is 3.77. The van der Waals surface area contributed by atoms with E-state index in [0.29, 0.717) is 5.02 Å². The molecule has 108 valence electrons. The molecule has 0 aliphatic rings. The molecule has 0 aliphatic carbocycles. The van der Waals surface area contributed by atoms with Gasteiger partial charge in [-0.1, -0.05) is 23.2 Å². The van der Waals surface area contributed by atoms with E-state index in [1.165, 1.54) is 18.2 Å². The van der Waals surface area contributed by atoms with Crippen LogP contribution in [0.4, 0.5) is 5.88 Å². The molecule has 2 rings (SSSR count). The lowest BCUT2D eigenvalue weighted by Crippen LogP contribution is -2.08. The van der Waals surface area contributed by atoms with Crippen LogP contribution >= 0.6 is 23.2 Å². The van der Waals surface area contributed by atoms with Crippen molar-refractivity contribution in [2.45, 2.75) is 0 Å². The zero-order chi connectivity index (χ0) is 15.1. The van der Waals surface area contributed by atoms with Gasteiger partial charge in [0.25, 0.3) is 5.88 Å². The molecule has 6 nitrogen and oxygen atoms in total. The molecule has 0 amide bonds. The summed E-state index contributed by atoms with van der Waals surface area (Å²) in [6.07, 6.45) is 0.873. The molecule has 1 heterocycles. The molecule has 0 fully saturated rings. The Bertz CT molecular complexity index is 769. The van der Waals surface area contributed by atoms with Crippen molar-refractivity contribution >= 4 is 39.1 Å². The molecule has 3 N–H and O–H groups in total. The highest BCUT2D eigenvalue weighted by molar-refractivity contribution is 7.92. The molecule has 0 aliphatic heterocycles. The van der Waals surface area contributed by atoms with Gasteiger partial charge in [0.1, 0.15) is 0 Å². The van der Waals surface area contributed by atoms with Gasteiger partial charge >= 0.3 is 0 Å². The number of furan rings is 1. The number of aromatic hydroxyl groups is 2. The van der Waals surface area contributed by atoms with Gasteiger partial charge in [-0.05, 0) is 18.2 Å². The van der Waals surface area contributed by atoms with Crippen LogP contribution in [-0.2, 0) is 10.0 Å². The summed E-state index contributed by atoms with van der Waals surface area (Å²) in [4.78, 5) is 0. The van der Waals surface area contributed by atoms with E-state index >= 15 is 0 Å². The average Bonchev–Trinajstić information content (AvgIpc) is 2.59. The molecule has 0 bridgehead atoms. The number of nitrogens with one attached hydrogen (secondary N) is 1. The minimum Gasteiger partial charge on any atom is -0.502 e. The Morgan fingerprint density at radius 1 is 1.20 bits per heavy atom. The first kappa shape index (κ1) is 14.8. The summed E-state index contributed by atoms with van der Waals surface area (Å²) in [5.74, 6) is -2.07. The summed E-state index contributed by atoms with van der Waals surface area (Å²) in [6, 6.07) is 4.41. The van der Waals surface area contributed by atoms with Gasteiger partial charge in [0.15, 0.2) is 5.76 Å². The van der Waals surface area contributed by atoms with E-state index in [-0.39, 0.29) is 16.3 Å². The molecule has 20 heavy (non-hydrogen) atoms. The van der Waals surface area contributed by atoms with Gasteiger partial charge in [-0.25, -0.2) is 8.42 Å². The fourth-order valence-corrected chi connectivity index (χ4v) is 2.36. The average molecular weight is 338 g/mol. The maximum atomic E-state index is 11.1. The largest absolute Gasteiger partial charge is 0.502 e. The minimum atomic E-state index is -3.68. The maximum Gasteiger partial charge on any atom is 0.253 e. The lowest BCUT2D eigenvalue weighted by Gasteiger charge is -2.02. The van der Waals surface area contributed by atoms with Crippen molar-refractivity contribution in [3.63, 3.8) is 0 Å². The van der Waals surface area contributed by atoms with Crippen molar-refractivity contribution in [2.24, 2.45) is 0 Å². The fourth-order valence-electron chi connectivity index (χ4n) is 1.51. The second-order valence-corrected chi connectivity index (χ2v) is 6.55. The number of hydrogen-bond donors (Lipinski definition) is 3. The van der Waals surface area contributed by atoms with Crippen LogP contribution in [0.3, 0.4) is 0 Å². The number of halogens is 2. The van der Waals surface area contributed by atoms with E-state index in [2.05, 4.69) is 0 Å². The van der Waals surface area contributed by atoms with Crippen molar-refractivity contribution < 1.29 is 23.0 Å². The van der Waals surface area contributed by atoms with Crippen LogP contribution in [0.25, 0.3) is 11.3 Å². The summed E-state index contributed by atoms with van der Waals surface area (Å²) < 4.78 is 29.3. The normalized spacial score (nSPS) is 11.6. The third-order valence-electron chi connectivity index (χ3n) is 2.31. The van der Waals surface area contributed by atoms with E-state index in [4.69, 9.17) is 27.6 Å². The Morgan fingerprint density at radius 3 is 2.45 bits per heavy atom. The maximum absolute atomic E-state index is 11.1. The van der Waals surface area contributed by atoms with Crippen molar-refractivity contribution in [2.75, 3.05) is 11.0 Å². The topological polar surface area (TPSA) is 99.8 Å². The summed E-state index contributed by atoms with van der Waals surface area (Å²) in [7, 11) is -3.68. The Balaban J connectivity index is 2.59. The van der Waals surface area contributed by atoms with Crippen molar-refractivity contribution in [3.05, 3.63) is 28.2 Å². The SMILES string of the molecule is CS(=O)(=O)Nc1oc(-c2cc(Cl)ccc2Cl)c(O)c1O. The summed E-state index contributed by atoms with van der Waals surface area (Å²) >= 11 is 11.8. The standard InChI is InChI=1S/C11H9Cl2NO5S/c1-20(17,18)14-11-9(16)8(15)10(19-11)6-4-5(12)2-3-7(6)13/h2-4,14-16H,1H3. The third-order valence-corrected chi connectivity index (χ3v) is 3.43. The molecular weight excluding hydrogens is 329 g/mol. The van der Waals surface area contributed by atoms with Crippen LogP contribution in [0.2, 0.25) is 10.0 Å². The predicted molar refractivity (Wildman–Crippen MR) is 76.0 cm³/mol. The molecule has 0 unspecified atom stereocenters.